The van der Waals surface area contributed by atoms with Gasteiger partial charge in [-0.15, -0.1) is 0 Å². The van der Waals surface area contributed by atoms with Crippen molar-refractivity contribution in [2.45, 2.75) is 26.3 Å². The van der Waals surface area contributed by atoms with Crippen LogP contribution in [0.1, 0.15) is 25.3 Å². The van der Waals surface area contributed by atoms with Gasteiger partial charge in [0.25, 0.3) is 0 Å². The maximum Gasteiger partial charge on any atom is 0.161 e. The molecule has 106 valence electrons. The first kappa shape index (κ1) is 14.3. The van der Waals surface area contributed by atoms with Crippen LogP contribution in [0.25, 0.3) is 0 Å². The summed E-state index contributed by atoms with van der Waals surface area (Å²) in [5, 5.41) is 3.11. The minimum Gasteiger partial charge on any atom is -0.381 e. The molecule has 1 N–H and O–H groups in total. The number of hydrogen-bond acceptors (Lipinski definition) is 2. The highest BCUT2D eigenvalue weighted by Gasteiger charge is 2.26. The lowest BCUT2D eigenvalue weighted by molar-refractivity contribution is 0.0239. The molecule has 1 aromatic carbocycles. The van der Waals surface area contributed by atoms with Crippen molar-refractivity contribution in [2.75, 3.05) is 19.8 Å². The van der Waals surface area contributed by atoms with Gasteiger partial charge in [0, 0.05) is 37.9 Å². The molecule has 2 nitrogen and oxygen atoms in total. The van der Waals surface area contributed by atoms with E-state index in [1.165, 1.54) is 0 Å². The molecule has 0 spiro atoms. The van der Waals surface area contributed by atoms with E-state index in [0.717, 1.165) is 32.1 Å². The molecular weight excluding hydrogens is 255 g/mol. The Morgan fingerprint density at radius 1 is 1.11 bits per heavy atom. The number of ether oxygens (including phenoxy) is 1. The monoisotopic (exact) mass is 273 g/mol. The highest BCUT2D eigenvalue weighted by Crippen LogP contribution is 2.28. The molecule has 0 saturated carbocycles. The summed E-state index contributed by atoms with van der Waals surface area (Å²) in [6, 6.07) is 1.49. The minimum absolute atomic E-state index is 0.118. The van der Waals surface area contributed by atoms with Crippen molar-refractivity contribution >= 4 is 0 Å². The zero-order valence-electron chi connectivity index (χ0n) is 10.9. The molecule has 1 aromatic rings. The van der Waals surface area contributed by atoms with Gasteiger partial charge in [-0.3, -0.25) is 0 Å². The van der Waals surface area contributed by atoms with Crippen LogP contribution < -0.4 is 5.32 Å². The van der Waals surface area contributed by atoms with E-state index in [1.54, 1.807) is 0 Å². The normalized spacial score (nSPS) is 18.5. The molecule has 1 aliphatic rings. The molecule has 0 amide bonds. The maximum absolute atomic E-state index is 13.4. The van der Waals surface area contributed by atoms with Crippen LogP contribution in [0.15, 0.2) is 12.1 Å². The molecule has 0 aromatic heterocycles. The first-order valence-corrected chi connectivity index (χ1v) is 6.42. The summed E-state index contributed by atoms with van der Waals surface area (Å²) in [7, 11) is 0. The third kappa shape index (κ3) is 3.70. The second-order valence-corrected chi connectivity index (χ2v) is 5.38. The van der Waals surface area contributed by atoms with E-state index in [4.69, 9.17) is 4.74 Å². The van der Waals surface area contributed by atoms with Crippen LogP contribution in [0.2, 0.25) is 0 Å². The fourth-order valence-corrected chi connectivity index (χ4v) is 2.24. The molecule has 2 rings (SSSR count). The summed E-state index contributed by atoms with van der Waals surface area (Å²) in [5.41, 5.74) is 0.266. The summed E-state index contributed by atoms with van der Waals surface area (Å²) in [4.78, 5) is 0. The van der Waals surface area contributed by atoms with Crippen LogP contribution in [0, 0.1) is 22.9 Å². The SMILES string of the molecule is CC1(CNCc2cc(F)c(F)cc2F)CCOCC1. The Kier molecular flexibility index (Phi) is 4.47. The van der Waals surface area contributed by atoms with E-state index in [-0.39, 0.29) is 17.5 Å². The van der Waals surface area contributed by atoms with Gasteiger partial charge in [0.15, 0.2) is 11.6 Å². The van der Waals surface area contributed by atoms with Crippen LogP contribution in [-0.2, 0) is 11.3 Å². The Labute approximate surface area is 111 Å². The van der Waals surface area contributed by atoms with Gasteiger partial charge in [-0.2, -0.15) is 0 Å². The number of nitrogens with one attached hydrogen (secondary N) is 1. The highest BCUT2D eigenvalue weighted by molar-refractivity contribution is 5.19. The number of benzene rings is 1. The van der Waals surface area contributed by atoms with Gasteiger partial charge in [0.05, 0.1) is 0 Å². The smallest absolute Gasteiger partial charge is 0.161 e. The van der Waals surface area contributed by atoms with E-state index >= 15 is 0 Å². The van der Waals surface area contributed by atoms with E-state index in [1.807, 2.05) is 0 Å². The molecule has 1 heterocycles. The third-order valence-electron chi connectivity index (χ3n) is 3.66. The Hall–Kier alpha value is -1.07. The van der Waals surface area contributed by atoms with Gasteiger partial charge in [-0.25, -0.2) is 13.2 Å². The molecule has 0 aliphatic carbocycles. The molecule has 0 radical (unpaired) electrons. The maximum atomic E-state index is 13.4. The van der Waals surface area contributed by atoms with Gasteiger partial charge >= 0.3 is 0 Å². The van der Waals surface area contributed by atoms with Crippen LogP contribution in [0.4, 0.5) is 13.2 Å². The lowest BCUT2D eigenvalue weighted by Crippen LogP contribution is -2.36. The van der Waals surface area contributed by atoms with E-state index in [2.05, 4.69) is 12.2 Å². The summed E-state index contributed by atoms with van der Waals surface area (Å²) >= 11 is 0. The average Bonchev–Trinajstić information content (AvgIpc) is 2.36. The van der Waals surface area contributed by atoms with Crippen LogP contribution >= 0.6 is 0 Å². The summed E-state index contributed by atoms with van der Waals surface area (Å²) in [6.07, 6.45) is 1.89. The number of rotatable bonds is 4. The fourth-order valence-electron chi connectivity index (χ4n) is 2.24. The standard InChI is InChI=1S/C14H18F3NO/c1-14(2-4-19-5-3-14)9-18-8-10-6-12(16)13(17)7-11(10)15/h6-7,18H,2-5,8-9H2,1H3. The molecule has 0 atom stereocenters. The van der Waals surface area contributed by atoms with E-state index in [9.17, 15) is 13.2 Å². The fraction of sp³-hybridized carbons (Fsp3) is 0.571. The predicted octanol–water partition coefficient (Wildman–Crippen LogP) is 3.01. The van der Waals surface area contributed by atoms with Crippen molar-refractivity contribution in [3.63, 3.8) is 0 Å². The van der Waals surface area contributed by atoms with Crippen molar-refractivity contribution in [1.82, 2.24) is 5.32 Å². The van der Waals surface area contributed by atoms with Crippen molar-refractivity contribution < 1.29 is 17.9 Å². The minimum atomic E-state index is -1.15. The summed E-state index contributed by atoms with van der Waals surface area (Å²) in [5.74, 6) is -2.89. The Morgan fingerprint density at radius 3 is 2.42 bits per heavy atom. The molecular formula is C14H18F3NO. The van der Waals surface area contributed by atoms with Crippen LogP contribution in [0.3, 0.4) is 0 Å². The molecule has 19 heavy (non-hydrogen) atoms. The highest BCUT2D eigenvalue weighted by atomic mass is 19.2. The summed E-state index contributed by atoms with van der Waals surface area (Å²) in [6.45, 7) is 4.51. The molecule has 0 bridgehead atoms. The Bertz CT molecular complexity index is 445. The first-order chi connectivity index (χ1) is 9.00. The second-order valence-electron chi connectivity index (χ2n) is 5.38. The third-order valence-corrected chi connectivity index (χ3v) is 3.66. The largest absolute Gasteiger partial charge is 0.381 e. The Morgan fingerprint density at radius 2 is 1.74 bits per heavy atom. The zero-order chi connectivity index (χ0) is 13.9. The zero-order valence-corrected chi connectivity index (χ0v) is 10.9. The summed E-state index contributed by atoms with van der Waals surface area (Å²) < 4.78 is 44.5. The topological polar surface area (TPSA) is 21.3 Å². The van der Waals surface area contributed by atoms with Crippen molar-refractivity contribution in [3.8, 4) is 0 Å². The Balaban J connectivity index is 1.90. The van der Waals surface area contributed by atoms with Crippen LogP contribution in [-0.4, -0.2) is 19.8 Å². The van der Waals surface area contributed by atoms with Crippen molar-refractivity contribution in [2.24, 2.45) is 5.41 Å². The van der Waals surface area contributed by atoms with Gasteiger partial charge < -0.3 is 10.1 Å². The average molecular weight is 273 g/mol. The van der Waals surface area contributed by atoms with Gasteiger partial charge in [0.2, 0.25) is 0 Å². The van der Waals surface area contributed by atoms with Gasteiger partial charge in [-0.1, -0.05) is 6.92 Å². The number of halogens is 3. The van der Waals surface area contributed by atoms with E-state index < -0.39 is 17.5 Å². The molecule has 1 fully saturated rings. The van der Waals surface area contributed by atoms with Crippen molar-refractivity contribution in [1.29, 1.82) is 0 Å². The van der Waals surface area contributed by atoms with E-state index in [0.29, 0.717) is 12.6 Å². The van der Waals surface area contributed by atoms with Crippen molar-refractivity contribution in [3.05, 3.63) is 35.1 Å². The quantitative estimate of drug-likeness (QED) is 0.851. The number of hydrogen-bond donors (Lipinski definition) is 1. The molecule has 1 saturated heterocycles. The lowest BCUT2D eigenvalue weighted by atomic mass is 9.82. The predicted molar refractivity (Wildman–Crippen MR) is 66.2 cm³/mol. The lowest BCUT2D eigenvalue weighted by Gasteiger charge is -2.33. The van der Waals surface area contributed by atoms with Gasteiger partial charge in [-0.05, 0) is 24.3 Å². The first-order valence-electron chi connectivity index (χ1n) is 6.42. The molecule has 0 unspecified atom stereocenters. The molecule has 5 heteroatoms. The van der Waals surface area contributed by atoms with Gasteiger partial charge in [0.1, 0.15) is 5.82 Å². The second kappa shape index (κ2) is 5.92. The molecule has 1 aliphatic heterocycles. The van der Waals surface area contributed by atoms with Crippen LogP contribution in [0.5, 0.6) is 0 Å².